The van der Waals surface area contributed by atoms with Gasteiger partial charge in [0.25, 0.3) is 0 Å². The van der Waals surface area contributed by atoms with E-state index >= 15 is 0 Å². The molecule has 0 saturated heterocycles. The molecule has 370 valence electrons. The topological polar surface area (TPSA) is 6.48 Å². The maximum atomic E-state index is 2.61. The largest absolute Gasteiger partial charge is 0.311 e. The number of unbranched alkanes of at least 4 members (excludes halogenated alkanes) is 10. The molecule has 2 nitrogen and oxygen atoms in total. The van der Waals surface area contributed by atoms with Gasteiger partial charge < -0.3 is 9.80 Å². The van der Waals surface area contributed by atoms with Gasteiger partial charge in [-0.25, -0.2) is 0 Å². The third-order valence-corrected chi connectivity index (χ3v) is 17.5. The molecule has 0 fully saturated rings. The molecule has 1 aliphatic carbocycles. The summed E-state index contributed by atoms with van der Waals surface area (Å²) in [5.74, 6) is 0. The van der Waals surface area contributed by atoms with Crippen LogP contribution in [0.15, 0.2) is 194 Å². The van der Waals surface area contributed by atoms with Crippen molar-refractivity contribution in [3.05, 3.63) is 216 Å². The number of benzene rings is 7. The third kappa shape index (κ3) is 11.2. The summed E-state index contributed by atoms with van der Waals surface area (Å²) >= 11 is 3.76. The molecule has 0 radical (unpaired) electrons. The Morgan fingerprint density at radius 3 is 1.21 bits per heavy atom. The molecule has 1 aliphatic rings. The Bertz CT molecular complexity index is 3150. The first kappa shape index (κ1) is 50.1. The Morgan fingerprint density at radius 2 is 0.726 bits per heavy atom. The predicted molar refractivity (Wildman–Crippen MR) is 320 cm³/mol. The van der Waals surface area contributed by atoms with E-state index in [1.54, 1.807) is 11.1 Å². The molecular weight excluding hydrogens is 921 g/mol. The van der Waals surface area contributed by atoms with Crippen molar-refractivity contribution in [3.8, 4) is 42.4 Å². The van der Waals surface area contributed by atoms with Crippen molar-refractivity contribution < 1.29 is 0 Å². The highest BCUT2D eigenvalue weighted by Crippen LogP contribution is 2.56. The van der Waals surface area contributed by atoms with Crippen molar-refractivity contribution >= 4 is 56.8 Å². The van der Waals surface area contributed by atoms with E-state index in [9.17, 15) is 0 Å². The highest BCUT2D eigenvalue weighted by Gasteiger charge is 2.42. The van der Waals surface area contributed by atoms with Crippen LogP contribution >= 0.6 is 22.7 Å². The standard InChI is InChI=1S/C69H72N2S2/c1-5-7-9-11-13-21-47-69(48-22-14-12-10-8-6-2)64-49-51(3)27-42-62(64)63-43-33-55(50-65(63)69)68-46-45-67(73-68)54-31-36-59(37-32-54)71(57-25-19-16-20-26-57)61-40-38-60(39-41-61)70(56-23-17-15-18-24-56)58-34-29-53(30-35-58)66-44-28-52(4)72-66/h15-20,23-46,49-50H,5-14,21-22,47-48H2,1-4H3. The monoisotopic (exact) mass is 993 g/mol. The van der Waals surface area contributed by atoms with Crippen LogP contribution < -0.4 is 9.80 Å². The second-order valence-corrected chi connectivity index (χ2v) is 22.8. The summed E-state index contributed by atoms with van der Waals surface area (Å²) in [6, 6.07) is 72.5. The number of para-hydroxylation sites is 2. The van der Waals surface area contributed by atoms with Crippen LogP contribution in [-0.4, -0.2) is 0 Å². The molecule has 2 aromatic heterocycles. The Kier molecular flexibility index (Phi) is 16.2. The normalized spacial score (nSPS) is 12.4. The third-order valence-electron chi connectivity index (χ3n) is 15.3. The summed E-state index contributed by atoms with van der Waals surface area (Å²) in [6.45, 7) is 9.11. The van der Waals surface area contributed by atoms with E-state index < -0.39 is 0 Å². The van der Waals surface area contributed by atoms with Gasteiger partial charge in [0.2, 0.25) is 0 Å². The minimum atomic E-state index is 0.0698. The first-order valence-electron chi connectivity index (χ1n) is 27.4. The van der Waals surface area contributed by atoms with Crippen molar-refractivity contribution in [2.75, 3.05) is 9.80 Å². The van der Waals surface area contributed by atoms with Crippen molar-refractivity contribution in [2.24, 2.45) is 0 Å². The van der Waals surface area contributed by atoms with Gasteiger partial charge in [0.1, 0.15) is 0 Å². The minimum Gasteiger partial charge on any atom is -0.311 e. The van der Waals surface area contributed by atoms with Crippen LogP contribution in [0.4, 0.5) is 34.1 Å². The molecule has 7 aromatic carbocycles. The van der Waals surface area contributed by atoms with Crippen LogP contribution in [0.3, 0.4) is 0 Å². The van der Waals surface area contributed by atoms with Crippen molar-refractivity contribution in [1.29, 1.82) is 0 Å². The Balaban J connectivity index is 0.921. The van der Waals surface area contributed by atoms with Gasteiger partial charge in [-0.15, -0.1) is 22.7 Å². The lowest BCUT2D eigenvalue weighted by Crippen LogP contribution is -2.25. The Labute approximate surface area is 445 Å². The summed E-state index contributed by atoms with van der Waals surface area (Å²) in [5.41, 5.74) is 18.1. The SMILES string of the molecule is CCCCCCCCC1(CCCCCCCC)c2cc(C)ccc2-c2ccc(-c3ccc(-c4ccc(N(c5ccccc5)c5ccc(N(c6ccccc6)c6ccc(-c7ccc(C)s7)cc6)cc5)cc4)s3)cc21. The predicted octanol–water partition coefficient (Wildman–Crippen LogP) is 22.1. The summed E-state index contributed by atoms with van der Waals surface area (Å²) in [4.78, 5) is 9.96. The molecular formula is C69H72N2S2. The van der Waals surface area contributed by atoms with Gasteiger partial charge in [0.05, 0.1) is 0 Å². The van der Waals surface area contributed by atoms with Crippen molar-refractivity contribution in [1.82, 2.24) is 0 Å². The van der Waals surface area contributed by atoms with E-state index in [-0.39, 0.29) is 5.41 Å². The zero-order valence-corrected chi connectivity index (χ0v) is 45.2. The second-order valence-electron chi connectivity index (χ2n) is 20.5. The fourth-order valence-corrected chi connectivity index (χ4v) is 13.3. The quantitative estimate of drug-likeness (QED) is 0.0589. The van der Waals surface area contributed by atoms with E-state index in [4.69, 9.17) is 0 Å². The molecule has 0 saturated carbocycles. The number of hydrogen-bond donors (Lipinski definition) is 0. The Hall–Kier alpha value is -6.46. The molecule has 73 heavy (non-hydrogen) atoms. The first-order valence-corrected chi connectivity index (χ1v) is 29.0. The van der Waals surface area contributed by atoms with Crippen molar-refractivity contribution in [3.63, 3.8) is 0 Å². The van der Waals surface area contributed by atoms with Crippen LogP contribution in [-0.2, 0) is 5.41 Å². The van der Waals surface area contributed by atoms with Crippen LogP contribution in [0.2, 0.25) is 0 Å². The number of rotatable bonds is 23. The lowest BCUT2D eigenvalue weighted by Gasteiger charge is -2.33. The molecule has 4 heteroatoms. The average Bonchev–Trinajstić information content (AvgIpc) is 4.18. The zero-order valence-electron chi connectivity index (χ0n) is 43.6. The fraction of sp³-hybridized carbons (Fsp3) is 0.275. The lowest BCUT2D eigenvalue weighted by molar-refractivity contribution is 0.398. The maximum absolute atomic E-state index is 2.61. The zero-order chi connectivity index (χ0) is 50.0. The summed E-state index contributed by atoms with van der Waals surface area (Å²) in [5, 5.41) is 0. The van der Waals surface area contributed by atoms with E-state index in [2.05, 4.69) is 232 Å². The molecule has 9 aromatic rings. The molecule has 0 atom stereocenters. The van der Waals surface area contributed by atoms with E-state index in [0.717, 1.165) is 34.1 Å². The molecule has 2 heterocycles. The second kappa shape index (κ2) is 23.6. The van der Waals surface area contributed by atoms with Crippen LogP contribution in [0.1, 0.15) is 125 Å². The van der Waals surface area contributed by atoms with Gasteiger partial charge >= 0.3 is 0 Å². The smallest absolute Gasteiger partial charge is 0.0463 e. The number of aryl methyl sites for hydroxylation is 2. The number of anilines is 6. The fourth-order valence-electron chi connectivity index (χ4n) is 11.4. The molecule has 0 spiro atoms. The summed E-state index contributed by atoms with van der Waals surface area (Å²) in [7, 11) is 0. The number of nitrogens with zero attached hydrogens (tertiary/aromatic N) is 2. The van der Waals surface area contributed by atoms with E-state index in [1.807, 2.05) is 22.7 Å². The number of hydrogen-bond acceptors (Lipinski definition) is 4. The summed E-state index contributed by atoms with van der Waals surface area (Å²) in [6.07, 6.45) is 18.5. The molecule has 0 unspecified atom stereocenters. The Morgan fingerprint density at radius 1 is 0.342 bits per heavy atom. The van der Waals surface area contributed by atoms with Gasteiger partial charge in [-0.3, -0.25) is 0 Å². The molecule has 0 N–H and O–H groups in total. The lowest BCUT2D eigenvalue weighted by atomic mass is 9.70. The van der Waals surface area contributed by atoms with Gasteiger partial charge in [-0.05, 0) is 169 Å². The van der Waals surface area contributed by atoms with Gasteiger partial charge in [-0.2, -0.15) is 0 Å². The molecule has 10 rings (SSSR count). The number of fused-ring (bicyclic) bond motifs is 3. The molecule has 0 bridgehead atoms. The highest BCUT2D eigenvalue weighted by atomic mass is 32.1. The van der Waals surface area contributed by atoms with E-state index in [1.165, 1.54) is 143 Å². The molecule has 0 amide bonds. The van der Waals surface area contributed by atoms with Crippen molar-refractivity contribution in [2.45, 2.75) is 123 Å². The maximum Gasteiger partial charge on any atom is 0.0463 e. The average molecular weight is 993 g/mol. The van der Waals surface area contributed by atoms with Crippen LogP contribution in [0, 0.1) is 13.8 Å². The van der Waals surface area contributed by atoms with E-state index in [0.29, 0.717) is 0 Å². The highest BCUT2D eigenvalue weighted by molar-refractivity contribution is 7.18. The minimum absolute atomic E-state index is 0.0698. The molecule has 0 aliphatic heterocycles. The first-order chi connectivity index (χ1) is 35.9. The number of thiophene rings is 2. The van der Waals surface area contributed by atoms with Gasteiger partial charge in [0, 0.05) is 59.0 Å². The summed E-state index contributed by atoms with van der Waals surface area (Å²) < 4.78 is 0. The van der Waals surface area contributed by atoms with Gasteiger partial charge in [-0.1, -0.05) is 187 Å². The van der Waals surface area contributed by atoms with Crippen LogP contribution in [0.25, 0.3) is 42.4 Å². The van der Waals surface area contributed by atoms with Crippen LogP contribution in [0.5, 0.6) is 0 Å². The van der Waals surface area contributed by atoms with Gasteiger partial charge in [0.15, 0.2) is 0 Å².